The normalized spacial score (nSPS) is 12.2. The Morgan fingerprint density at radius 2 is 1.69 bits per heavy atom. The molecule has 1 aromatic rings. The van der Waals surface area contributed by atoms with Crippen LogP contribution in [0, 0.1) is 5.92 Å². The lowest BCUT2D eigenvalue weighted by Crippen LogP contribution is -2.34. The van der Waals surface area contributed by atoms with Crippen molar-refractivity contribution in [3.05, 3.63) is 28.7 Å². The summed E-state index contributed by atoms with van der Waals surface area (Å²) < 4.78 is 11.4. The maximum atomic E-state index is 12.5. The molecule has 0 unspecified atom stereocenters. The first-order valence-corrected chi connectivity index (χ1v) is 10.5. The Morgan fingerprint density at radius 3 is 2.24 bits per heavy atom. The van der Waals surface area contributed by atoms with Crippen molar-refractivity contribution in [2.75, 3.05) is 11.9 Å². The second-order valence-electron chi connectivity index (χ2n) is 8.15. The van der Waals surface area contributed by atoms with Gasteiger partial charge in [-0.15, -0.1) is 0 Å². The van der Waals surface area contributed by atoms with E-state index in [-0.39, 0.29) is 18.1 Å². The molecule has 0 spiro atoms. The van der Waals surface area contributed by atoms with Gasteiger partial charge in [-0.3, -0.25) is 10.1 Å². The quantitative estimate of drug-likeness (QED) is 0.478. The van der Waals surface area contributed by atoms with E-state index in [0.717, 1.165) is 4.47 Å². The van der Waals surface area contributed by atoms with E-state index in [1.807, 2.05) is 13.8 Å². The van der Waals surface area contributed by atoms with Crippen LogP contribution in [0.2, 0.25) is 0 Å². The van der Waals surface area contributed by atoms with Gasteiger partial charge in [0.1, 0.15) is 5.60 Å². The first-order valence-electron chi connectivity index (χ1n) is 9.69. The van der Waals surface area contributed by atoms with Gasteiger partial charge in [-0.25, -0.2) is 9.59 Å². The van der Waals surface area contributed by atoms with Crippen LogP contribution in [0.1, 0.15) is 53.9 Å². The smallest absolute Gasteiger partial charge is 0.412 e. The number of hydrogen-bond donors (Lipinski definition) is 2. The number of carbonyl (C=O) groups excluding carboxylic acids is 3. The Labute approximate surface area is 181 Å². The monoisotopic (exact) mass is 470 g/mol. The maximum Gasteiger partial charge on any atom is 0.412 e. The van der Waals surface area contributed by atoms with E-state index in [1.54, 1.807) is 45.0 Å². The Kier molecular flexibility index (Phi) is 10.2. The molecule has 0 heterocycles. The van der Waals surface area contributed by atoms with Crippen LogP contribution in [0.15, 0.2) is 28.7 Å². The Morgan fingerprint density at radius 1 is 1.07 bits per heavy atom. The SMILES string of the molecule is CC(C)C[C@H](OC(=O)Nc1ccc(Br)cc1)C(=O)CCCNC(=O)OC(C)(C)C. The number of rotatable bonds is 9. The summed E-state index contributed by atoms with van der Waals surface area (Å²) in [5, 5.41) is 5.24. The minimum atomic E-state index is -0.827. The maximum absolute atomic E-state index is 12.5. The Balaban J connectivity index is 2.49. The molecular weight excluding hydrogens is 440 g/mol. The molecule has 29 heavy (non-hydrogen) atoms. The van der Waals surface area contributed by atoms with Crippen molar-refractivity contribution in [1.82, 2.24) is 5.32 Å². The van der Waals surface area contributed by atoms with Crippen LogP contribution in [0.3, 0.4) is 0 Å². The fourth-order valence-corrected chi connectivity index (χ4v) is 2.68. The van der Waals surface area contributed by atoms with Gasteiger partial charge in [-0.1, -0.05) is 29.8 Å². The third-order valence-electron chi connectivity index (χ3n) is 3.65. The number of nitrogens with one attached hydrogen (secondary N) is 2. The molecule has 2 N–H and O–H groups in total. The summed E-state index contributed by atoms with van der Waals surface area (Å²) in [6.07, 6.45) is -0.950. The van der Waals surface area contributed by atoms with Gasteiger partial charge in [-0.2, -0.15) is 0 Å². The summed E-state index contributed by atoms with van der Waals surface area (Å²) in [7, 11) is 0. The van der Waals surface area contributed by atoms with Gasteiger partial charge in [0.05, 0.1) is 0 Å². The number of benzene rings is 1. The molecule has 0 aliphatic rings. The predicted octanol–water partition coefficient (Wildman–Crippen LogP) is 5.29. The molecule has 1 rings (SSSR count). The van der Waals surface area contributed by atoms with Gasteiger partial charge in [-0.05, 0) is 63.8 Å². The molecule has 2 amide bonds. The summed E-state index contributed by atoms with van der Waals surface area (Å²) in [6.45, 7) is 9.57. The number of Topliss-reactive ketones (excluding diaryl/α,β-unsaturated/α-hetero) is 1. The van der Waals surface area contributed by atoms with Crippen LogP contribution in [-0.2, 0) is 14.3 Å². The van der Waals surface area contributed by atoms with Crippen LogP contribution in [0.4, 0.5) is 15.3 Å². The van der Waals surface area contributed by atoms with E-state index < -0.39 is 23.9 Å². The van der Waals surface area contributed by atoms with Crippen LogP contribution in [0.25, 0.3) is 0 Å². The van der Waals surface area contributed by atoms with Gasteiger partial charge in [0.25, 0.3) is 0 Å². The molecule has 1 aromatic carbocycles. The van der Waals surface area contributed by atoms with Crippen molar-refractivity contribution >= 4 is 39.6 Å². The second kappa shape index (κ2) is 11.8. The molecular formula is C21H31BrN2O5. The molecule has 7 nitrogen and oxygen atoms in total. The topological polar surface area (TPSA) is 93.7 Å². The summed E-state index contributed by atoms with van der Waals surface area (Å²) in [5.74, 6) is 0.0139. The van der Waals surface area contributed by atoms with Crippen LogP contribution >= 0.6 is 15.9 Å². The number of alkyl carbamates (subject to hydrolysis) is 1. The number of amides is 2. The number of anilines is 1. The Hall–Kier alpha value is -2.09. The lowest BCUT2D eigenvalue weighted by Gasteiger charge is -2.20. The summed E-state index contributed by atoms with van der Waals surface area (Å²) in [4.78, 5) is 36.3. The number of halogens is 1. The van der Waals surface area contributed by atoms with E-state index in [2.05, 4.69) is 26.6 Å². The first kappa shape index (κ1) is 24.9. The zero-order valence-electron chi connectivity index (χ0n) is 17.7. The van der Waals surface area contributed by atoms with Gasteiger partial charge in [0.2, 0.25) is 0 Å². The number of ether oxygens (including phenoxy) is 2. The van der Waals surface area contributed by atoms with E-state index in [4.69, 9.17) is 9.47 Å². The minimum absolute atomic E-state index is 0.171. The van der Waals surface area contributed by atoms with E-state index in [0.29, 0.717) is 25.1 Å². The van der Waals surface area contributed by atoms with Gasteiger partial charge >= 0.3 is 12.2 Å². The third-order valence-corrected chi connectivity index (χ3v) is 4.18. The highest BCUT2D eigenvalue weighted by atomic mass is 79.9. The fraction of sp³-hybridized carbons (Fsp3) is 0.571. The molecule has 1 atom stereocenters. The van der Waals surface area contributed by atoms with Crippen LogP contribution < -0.4 is 10.6 Å². The molecule has 162 valence electrons. The van der Waals surface area contributed by atoms with Crippen molar-refractivity contribution in [2.24, 2.45) is 5.92 Å². The van der Waals surface area contributed by atoms with Gasteiger partial charge in [0, 0.05) is 23.1 Å². The van der Waals surface area contributed by atoms with E-state index in [1.165, 1.54) is 0 Å². The zero-order valence-corrected chi connectivity index (χ0v) is 19.3. The van der Waals surface area contributed by atoms with Crippen molar-refractivity contribution in [3.8, 4) is 0 Å². The van der Waals surface area contributed by atoms with Gasteiger partial charge in [0.15, 0.2) is 11.9 Å². The summed E-state index contributed by atoms with van der Waals surface area (Å²) in [6, 6.07) is 7.05. The average Bonchev–Trinajstić information content (AvgIpc) is 2.58. The Bertz CT molecular complexity index is 683. The van der Waals surface area contributed by atoms with Crippen LogP contribution in [-0.4, -0.2) is 36.2 Å². The van der Waals surface area contributed by atoms with E-state index in [9.17, 15) is 14.4 Å². The highest BCUT2D eigenvalue weighted by molar-refractivity contribution is 9.10. The lowest BCUT2D eigenvalue weighted by atomic mass is 10.00. The molecule has 0 bridgehead atoms. The largest absolute Gasteiger partial charge is 0.444 e. The summed E-state index contributed by atoms with van der Waals surface area (Å²) in [5.41, 5.74) is 0.00804. The van der Waals surface area contributed by atoms with Crippen LogP contribution in [0.5, 0.6) is 0 Å². The van der Waals surface area contributed by atoms with Crippen molar-refractivity contribution in [1.29, 1.82) is 0 Å². The van der Waals surface area contributed by atoms with Gasteiger partial charge < -0.3 is 14.8 Å². The minimum Gasteiger partial charge on any atom is -0.444 e. The molecule has 0 fully saturated rings. The van der Waals surface area contributed by atoms with E-state index >= 15 is 0 Å². The number of hydrogen-bond acceptors (Lipinski definition) is 5. The third kappa shape index (κ3) is 11.5. The lowest BCUT2D eigenvalue weighted by molar-refractivity contribution is -0.128. The summed E-state index contributed by atoms with van der Waals surface area (Å²) >= 11 is 3.33. The average molecular weight is 471 g/mol. The van der Waals surface area contributed by atoms with Crippen molar-refractivity contribution in [3.63, 3.8) is 0 Å². The molecule has 8 heteroatoms. The molecule has 0 aliphatic heterocycles. The first-order chi connectivity index (χ1) is 13.5. The van der Waals surface area contributed by atoms with Crippen molar-refractivity contribution < 1.29 is 23.9 Å². The molecule has 0 aromatic heterocycles. The molecule has 0 aliphatic carbocycles. The highest BCUT2D eigenvalue weighted by Crippen LogP contribution is 2.16. The fourth-order valence-electron chi connectivity index (χ4n) is 2.41. The highest BCUT2D eigenvalue weighted by Gasteiger charge is 2.24. The molecule has 0 radical (unpaired) electrons. The second-order valence-corrected chi connectivity index (χ2v) is 9.07. The van der Waals surface area contributed by atoms with Crippen molar-refractivity contribution in [2.45, 2.75) is 65.6 Å². The predicted molar refractivity (Wildman–Crippen MR) is 116 cm³/mol. The molecule has 0 saturated heterocycles. The number of carbonyl (C=O) groups is 3. The molecule has 0 saturated carbocycles. The standard InChI is InChI=1S/C21H31BrN2O5/c1-14(2)13-18(28-20(27)24-16-10-8-15(22)9-11-16)17(25)7-6-12-23-19(26)29-21(3,4)5/h8-11,14,18H,6-7,12-13H2,1-5H3,(H,23,26)(H,24,27)/t18-/m0/s1. The zero-order chi connectivity index (χ0) is 22.0. The number of ketones is 1.